The molecule has 3 heteroatoms. The summed E-state index contributed by atoms with van der Waals surface area (Å²) < 4.78 is 2.33. The van der Waals surface area contributed by atoms with E-state index < -0.39 is 0 Å². The molecule has 1 aliphatic carbocycles. The van der Waals surface area contributed by atoms with E-state index in [4.69, 9.17) is 0 Å². The number of ketones is 2. The molecule has 3 nitrogen and oxygen atoms in total. The molecule has 0 N–H and O–H groups in total. The minimum atomic E-state index is -0.107. The van der Waals surface area contributed by atoms with E-state index in [0.29, 0.717) is 22.3 Å². The van der Waals surface area contributed by atoms with Gasteiger partial charge in [0.2, 0.25) is 0 Å². The fraction of sp³-hybridized carbons (Fsp3) is 0. The summed E-state index contributed by atoms with van der Waals surface area (Å²) in [5.74, 6) is -0.208. The maximum absolute atomic E-state index is 13.5. The monoisotopic (exact) mass is 499 g/mol. The SMILES string of the molecule is O=C1c2ccccc2C(=O)c2cc(-c3cccc4cccc(-n5c6ccccc6c6ccccc65)c34)ccc21. The van der Waals surface area contributed by atoms with Gasteiger partial charge in [-0.1, -0.05) is 97.1 Å². The lowest BCUT2D eigenvalue weighted by Crippen LogP contribution is -2.20. The van der Waals surface area contributed by atoms with Gasteiger partial charge in [0.15, 0.2) is 11.6 Å². The largest absolute Gasteiger partial charge is 0.309 e. The summed E-state index contributed by atoms with van der Waals surface area (Å²) in [6.45, 7) is 0. The molecule has 0 spiro atoms. The van der Waals surface area contributed by atoms with Crippen LogP contribution in [0.25, 0.3) is 49.4 Å². The van der Waals surface area contributed by atoms with E-state index >= 15 is 0 Å². The van der Waals surface area contributed by atoms with Crippen LogP contribution in [-0.4, -0.2) is 16.1 Å². The van der Waals surface area contributed by atoms with E-state index in [2.05, 4.69) is 89.5 Å². The molecular weight excluding hydrogens is 478 g/mol. The van der Waals surface area contributed by atoms with Gasteiger partial charge in [0.25, 0.3) is 0 Å². The number of hydrogen-bond donors (Lipinski definition) is 0. The highest BCUT2D eigenvalue weighted by Gasteiger charge is 2.29. The normalized spacial score (nSPS) is 12.7. The van der Waals surface area contributed by atoms with Crippen LogP contribution < -0.4 is 0 Å². The van der Waals surface area contributed by atoms with Gasteiger partial charge in [-0.2, -0.15) is 0 Å². The first kappa shape index (κ1) is 21.8. The number of rotatable bonds is 2. The summed E-state index contributed by atoms with van der Waals surface area (Å²) in [7, 11) is 0. The maximum Gasteiger partial charge on any atom is 0.194 e. The Kier molecular flexibility index (Phi) is 4.53. The molecule has 39 heavy (non-hydrogen) atoms. The van der Waals surface area contributed by atoms with Crippen molar-refractivity contribution >= 4 is 44.1 Å². The van der Waals surface area contributed by atoms with Gasteiger partial charge in [-0.15, -0.1) is 0 Å². The summed E-state index contributed by atoms with van der Waals surface area (Å²) in [6.07, 6.45) is 0. The zero-order valence-corrected chi connectivity index (χ0v) is 20.9. The molecular formula is C36H21NO2. The van der Waals surface area contributed by atoms with Crippen LogP contribution in [0.1, 0.15) is 31.8 Å². The van der Waals surface area contributed by atoms with Crippen LogP contribution in [0, 0.1) is 0 Å². The van der Waals surface area contributed by atoms with Crippen molar-refractivity contribution < 1.29 is 9.59 Å². The number of hydrogen-bond acceptors (Lipinski definition) is 2. The van der Waals surface area contributed by atoms with Gasteiger partial charge in [-0.3, -0.25) is 9.59 Å². The van der Waals surface area contributed by atoms with E-state index in [9.17, 15) is 9.59 Å². The van der Waals surface area contributed by atoms with Crippen molar-refractivity contribution in [3.63, 3.8) is 0 Å². The summed E-state index contributed by atoms with van der Waals surface area (Å²) in [5.41, 5.74) is 7.16. The minimum absolute atomic E-state index is 0.101. The second-order valence-electron chi connectivity index (χ2n) is 10.0. The number of benzene rings is 6. The molecule has 0 saturated carbocycles. The van der Waals surface area contributed by atoms with E-state index in [0.717, 1.165) is 38.6 Å². The summed E-state index contributed by atoms with van der Waals surface area (Å²) in [6, 6.07) is 42.4. The Balaban J connectivity index is 1.41. The van der Waals surface area contributed by atoms with Gasteiger partial charge >= 0.3 is 0 Å². The Labute approximate surface area is 224 Å². The van der Waals surface area contributed by atoms with Crippen LogP contribution in [0.3, 0.4) is 0 Å². The number of fused-ring (bicyclic) bond motifs is 6. The summed E-state index contributed by atoms with van der Waals surface area (Å²) in [5, 5.41) is 4.62. The van der Waals surface area contributed by atoms with Crippen LogP contribution in [-0.2, 0) is 0 Å². The Hall–Kier alpha value is -5.28. The molecule has 6 aromatic carbocycles. The molecule has 182 valence electrons. The standard InChI is InChI=1S/C36H21NO2/c38-35-27-13-1-2-14-28(27)36(39)30-21-23(19-20-29(30)35)24-15-7-9-22-10-8-18-33(34(22)24)37-31-16-5-3-11-25(31)26-12-4-6-17-32(26)37/h1-21H. The van der Waals surface area contributed by atoms with Crippen LogP contribution in [0.15, 0.2) is 127 Å². The molecule has 7 aromatic rings. The summed E-state index contributed by atoms with van der Waals surface area (Å²) in [4.78, 5) is 26.7. The van der Waals surface area contributed by atoms with E-state index in [-0.39, 0.29) is 11.6 Å². The van der Waals surface area contributed by atoms with Crippen molar-refractivity contribution in [2.75, 3.05) is 0 Å². The molecule has 8 rings (SSSR count). The summed E-state index contributed by atoms with van der Waals surface area (Å²) >= 11 is 0. The lowest BCUT2D eigenvalue weighted by molar-refractivity contribution is 0.0979. The number of nitrogens with zero attached hydrogens (tertiary/aromatic N) is 1. The molecule has 0 amide bonds. The van der Waals surface area contributed by atoms with Gasteiger partial charge in [0.05, 0.1) is 16.7 Å². The third-order valence-corrected chi connectivity index (χ3v) is 7.94. The van der Waals surface area contributed by atoms with Crippen molar-refractivity contribution in [2.24, 2.45) is 0 Å². The van der Waals surface area contributed by atoms with Crippen molar-refractivity contribution in [1.29, 1.82) is 0 Å². The number of para-hydroxylation sites is 2. The molecule has 0 unspecified atom stereocenters. The molecule has 0 bridgehead atoms. The first-order chi connectivity index (χ1) is 19.2. The quantitative estimate of drug-likeness (QED) is 0.240. The van der Waals surface area contributed by atoms with Gasteiger partial charge < -0.3 is 4.57 Å². The average Bonchev–Trinajstić information content (AvgIpc) is 3.33. The molecule has 1 aromatic heterocycles. The fourth-order valence-electron chi connectivity index (χ4n) is 6.20. The third kappa shape index (κ3) is 3.04. The van der Waals surface area contributed by atoms with Crippen molar-refractivity contribution in [3.05, 3.63) is 150 Å². The van der Waals surface area contributed by atoms with Crippen molar-refractivity contribution in [3.8, 4) is 16.8 Å². The Morgan fingerprint density at radius 2 is 0.974 bits per heavy atom. The van der Waals surface area contributed by atoms with Gasteiger partial charge in [-0.05, 0) is 46.8 Å². The molecule has 1 aliphatic rings. The topological polar surface area (TPSA) is 39.1 Å². The lowest BCUT2D eigenvalue weighted by atomic mass is 9.82. The van der Waals surface area contributed by atoms with E-state index in [1.807, 2.05) is 24.3 Å². The molecule has 0 radical (unpaired) electrons. The predicted molar refractivity (Wildman–Crippen MR) is 157 cm³/mol. The predicted octanol–water partition coefficient (Wildman–Crippen LogP) is 8.38. The zero-order chi connectivity index (χ0) is 26.1. The van der Waals surface area contributed by atoms with Crippen LogP contribution >= 0.6 is 0 Å². The Bertz CT molecular complexity index is 2110. The first-order valence-electron chi connectivity index (χ1n) is 13.0. The van der Waals surface area contributed by atoms with Crippen molar-refractivity contribution in [2.45, 2.75) is 0 Å². The fourth-order valence-corrected chi connectivity index (χ4v) is 6.20. The van der Waals surface area contributed by atoms with Crippen LogP contribution in [0.2, 0.25) is 0 Å². The molecule has 1 heterocycles. The van der Waals surface area contributed by atoms with Crippen LogP contribution in [0.4, 0.5) is 0 Å². The third-order valence-electron chi connectivity index (χ3n) is 7.94. The smallest absolute Gasteiger partial charge is 0.194 e. The van der Waals surface area contributed by atoms with Gasteiger partial charge in [0, 0.05) is 38.4 Å². The molecule has 0 atom stereocenters. The zero-order valence-electron chi connectivity index (χ0n) is 20.9. The highest BCUT2D eigenvalue weighted by molar-refractivity contribution is 6.28. The molecule has 0 aliphatic heterocycles. The first-order valence-corrected chi connectivity index (χ1v) is 13.0. The number of carbonyl (C=O) groups excluding carboxylic acids is 2. The second-order valence-corrected chi connectivity index (χ2v) is 10.0. The van der Waals surface area contributed by atoms with E-state index in [1.165, 1.54) is 10.8 Å². The van der Waals surface area contributed by atoms with Gasteiger partial charge in [0.1, 0.15) is 0 Å². The highest BCUT2D eigenvalue weighted by Crippen LogP contribution is 2.39. The molecule has 0 saturated heterocycles. The second kappa shape index (κ2) is 8.11. The van der Waals surface area contributed by atoms with Crippen LogP contribution in [0.5, 0.6) is 0 Å². The number of carbonyl (C=O) groups is 2. The highest BCUT2D eigenvalue weighted by atomic mass is 16.1. The maximum atomic E-state index is 13.5. The number of aromatic nitrogens is 1. The van der Waals surface area contributed by atoms with E-state index in [1.54, 1.807) is 18.2 Å². The Morgan fingerprint density at radius 1 is 0.436 bits per heavy atom. The minimum Gasteiger partial charge on any atom is -0.309 e. The lowest BCUT2D eigenvalue weighted by Gasteiger charge is -2.19. The molecule has 0 fully saturated rings. The average molecular weight is 500 g/mol. The Morgan fingerprint density at radius 3 is 1.67 bits per heavy atom. The van der Waals surface area contributed by atoms with Crippen molar-refractivity contribution in [1.82, 2.24) is 4.57 Å². The van der Waals surface area contributed by atoms with Gasteiger partial charge in [-0.25, -0.2) is 0 Å².